The van der Waals surface area contributed by atoms with Gasteiger partial charge < -0.3 is 10.4 Å². The summed E-state index contributed by atoms with van der Waals surface area (Å²) in [6.45, 7) is 0. The molecule has 0 aromatic heterocycles. The molecule has 7 heteroatoms. The molecule has 0 aliphatic rings. The van der Waals surface area contributed by atoms with Crippen molar-refractivity contribution in [2.45, 2.75) is 0 Å². The number of anilines is 1. The summed E-state index contributed by atoms with van der Waals surface area (Å²) in [6, 6.07) is 6.21. The van der Waals surface area contributed by atoms with Gasteiger partial charge in [-0.2, -0.15) is 0 Å². The van der Waals surface area contributed by atoms with Crippen molar-refractivity contribution >= 4 is 52.4 Å². The highest BCUT2D eigenvalue weighted by Crippen LogP contribution is 2.18. The molecule has 0 bridgehead atoms. The molecular weight excluding hydrogens is 288 g/mol. The average Bonchev–Trinajstić information content (AvgIpc) is 2.30. The minimum atomic E-state index is -1.47. The predicted molar refractivity (Wildman–Crippen MR) is 66.4 cm³/mol. The monoisotopic (exact) mass is 293 g/mol. The molecular formula is C10H6Cl3NO3. The van der Waals surface area contributed by atoms with Crippen LogP contribution in [0.15, 0.2) is 34.3 Å². The van der Waals surface area contributed by atoms with Gasteiger partial charge in [-0.1, -0.05) is 34.8 Å². The van der Waals surface area contributed by atoms with Crippen LogP contribution in [0.2, 0.25) is 5.02 Å². The van der Waals surface area contributed by atoms with Crippen LogP contribution >= 0.6 is 34.8 Å². The first-order valence-electron chi connectivity index (χ1n) is 4.27. The Morgan fingerprint density at radius 1 is 1.06 bits per heavy atom. The number of hydrogen-bond acceptors (Lipinski definition) is 2. The third kappa shape index (κ3) is 3.93. The largest absolute Gasteiger partial charge is 0.477 e. The summed E-state index contributed by atoms with van der Waals surface area (Å²) in [5, 5.41) is 10.1. The number of halogens is 3. The summed E-state index contributed by atoms with van der Waals surface area (Å²) in [5.74, 6) is -2.27. The molecule has 4 nitrogen and oxygen atoms in total. The molecule has 0 aliphatic carbocycles. The Morgan fingerprint density at radius 2 is 1.59 bits per heavy atom. The first kappa shape index (κ1) is 13.8. The van der Waals surface area contributed by atoms with Gasteiger partial charge in [-0.15, -0.1) is 0 Å². The molecule has 0 saturated heterocycles. The Hall–Kier alpha value is -1.23. The minimum absolute atomic E-state index is 0.424. The van der Waals surface area contributed by atoms with E-state index >= 15 is 0 Å². The Balaban J connectivity index is 2.83. The van der Waals surface area contributed by atoms with Crippen LogP contribution in [0.25, 0.3) is 0 Å². The van der Waals surface area contributed by atoms with Crippen molar-refractivity contribution in [1.29, 1.82) is 0 Å². The summed E-state index contributed by atoms with van der Waals surface area (Å²) in [7, 11) is 0. The van der Waals surface area contributed by atoms with Crippen molar-refractivity contribution in [1.82, 2.24) is 0 Å². The minimum Gasteiger partial charge on any atom is -0.477 e. The Labute approximate surface area is 112 Å². The number of aliphatic carboxylic acids is 1. The van der Waals surface area contributed by atoms with Crippen LogP contribution in [0.1, 0.15) is 0 Å². The van der Waals surface area contributed by atoms with Gasteiger partial charge in [0.05, 0.1) is 0 Å². The maximum absolute atomic E-state index is 11.5. The summed E-state index contributed by atoms with van der Waals surface area (Å²) in [4.78, 5) is 21.9. The topological polar surface area (TPSA) is 66.4 Å². The second kappa shape index (κ2) is 5.91. The number of hydrogen-bond donors (Lipinski definition) is 2. The number of amides is 1. The lowest BCUT2D eigenvalue weighted by Gasteiger charge is -2.04. The molecule has 1 amide bonds. The fourth-order valence-electron chi connectivity index (χ4n) is 0.913. The van der Waals surface area contributed by atoms with Gasteiger partial charge in [-0.05, 0) is 24.3 Å². The lowest BCUT2D eigenvalue weighted by molar-refractivity contribution is -0.132. The first-order chi connectivity index (χ1) is 7.91. The maximum Gasteiger partial charge on any atom is 0.349 e. The average molecular weight is 295 g/mol. The molecule has 0 atom stereocenters. The van der Waals surface area contributed by atoms with Crippen LogP contribution in [0.4, 0.5) is 5.69 Å². The van der Waals surface area contributed by atoms with Crippen molar-refractivity contribution in [3.05, 3.63) is 39.4 Å². The van der Waals surface area contributed by atoms with Crippen LogP contribution < -0.4 is 5.32 Å². The van der Waals surface area contributed by atoms with E-state index in [-0.39, 0.29) is 0 Å². The normalized spacial score (nSPS) is 11.7. The van der Waals surface area contributed by atoms with Crippen molar-refractivity contribution in [3.63, 3.8) is 0 Å². The van der Waals surface area contributed by atoms with Crippen molar-refractivity contribution in [2.24, 2.45) is 0 Å². The number of carboxylic acids is 1. The number of carbonyl (C=O) groups excluding carboxylic acids is 1. The van der Waals surface area contributed by atoms with Gasteiger partial charge in [0.25, 0.3) is 5.91 Å². The van der Waals surface area contributed by atoms with E-state index in [0.717, 1.165) is 0 Å². The van der Waals surface area contributed by atoms with Crippen molar-refractivity contribution in [2.75, 3.05) is 5.32 Å². The second-order valence-corrected chi connectivity index (χ2v) is 4.09. The van der Waals surface area contributed by atoms with E-state index in [4.69, 9.17) is 39.9 Å². The number of nitrogens with one attached hydrogen (secondary N) is 1. The zero-order valence-electron chi connectivity index (χ0n) is 8.21. The van der Waals surface area contributed by atoms with Crippen LogP contribution in [0, 0.1) is 0 Å². The predicted octanol–water partition coefficient (Wildman–Crippen LogP) is 3.05. The summed E-state index contributed by atoms with van der Waals surface area (Å²) in [6.07, 6.45) is 0. The zero-order valence-corrected chi connectivity index (χ0v) is 10.5. The van der Waals surface area contributed by atoms with Crippen LogP contribution in [-0.4, -0.2) is 17.0 Å². The van der Waals surface area contributed by atoms with Crippen molar-refractivity contribution < 1.29 is 14.7 Å². The summed E-state index contributed by atoms with van der Waals surface area (Å²) < 4.78 is 0. The number of carbonyl (C=O) groups is 2. The molecule has 1 rings (SSSR count). The van der Waals surface area contributed by atoms with E-state index in [1.807, 2.05) is 0 Å². The molecule has 1 aromatic rings. The van der Waals surface area contributed by atoms with Crippen LogP contribution in [-0.2, 0) is 9.59 Å². The SMILES string of the molecule is O=C(O)/C(Cl)=C(\Cl)C(=O)Nc1ccc(Cl)cc1. The van der Waals surface area contributed by atoms with Gasteiger partial charge in [0, 0.05) is 10.7 Å². The van der Waals surface area contributed by atoms with Gasteiger partial charge in [-0.3, -0.25) is 4.79 Å². The summed E-state index contributed by atoms with van der Waals surface area (Å²) >= 11 is 16.5. The van der Waals surface area contributed by atoms with E-state index in [1.165, 1.54) is 0 Å². The number of carboxylic acid groups (broad SMARTS) is 1. The van der Waals surface area contributed by atoms with Crippen LogP contribution in [0.3, 0.4) is 0 Å². The molecule has 2 N–H and O–H groups in total. The molecule has 0 unspecified atom stereocenters. The number of benzene rings is 1. The van der Waals surface area contributed by atoms with Crippen LogP contribution in [0.5, 0.6) is 0 Å². The van der Waals surface area contributed by atoms with E-state index in [2.05, 4.69) is 5.32 Å². The third-order valence-electron chi connectivity index (χ3n) is 1.68. The zero-order chi connectivity index (χ0) is 13.0. The standard InChI is InChI=1S/C10H6Cl3NO3/c11-5-1-3-6(4-2-5)14-9(15)7(12)8(13)10(16)17/h1-4H,(H,14,15)(H,16,17)/b8-7+. The highest BCUT2D eigenvalue weighted by molar-refractivity contribution is 6.54. The lowest BCUT2D eigenvalue weighted by Crippen LogP contribution is -2.14. The molecule has 17 heavy (non-hydrogen) atoms. The first-order valence-corrected chi connectivity index (χ1v) is 5.40. The van der Waals surface area contributed by atoms with Gasteiger partial charge >= 0.3 is 5.97 Å². The van der Waals surface area contributed by atoms with E-state index in [0.29, 0.717) is 10.7 Å². The van der Waals surface area contributed by atoms with E-state index in [9.17, 15) is 9.59 Å². The second-order valence-electron chi connectivity index (χ2n) is 2.89. The molecule has 0 saturated carbocycles. The van der Waals surface area contributed by atoms with E-state index < -0.39 is 21.9 Å². The third-order valence-corrected chi connectivity index (χ3v) is 2.74. The molecule has 0 radical (unpaired) electrons. The number of rotatable bonds is 3. The Bertz CT molecular complexity index is 482. The van der Waals surface area contributed by atoms with Crippen molar-refractivity contribution in [3.8, 4) is 0 Å². The smallest absolute Gasteiger partial charge is 0.349 e. The molecule has 0 heterocycles. The summed E-state index contributed by atoms with van der Waals surface area (Å²) in [5.41, 5.74) is 0.424. The molecule has 1 aromatic carbocycles. The lowest BCUT2D eigenvalue weighted by atomic mass is 10.3. The quantitative estimate of drug-likeness (QED) is 0.842. The highest BCUT2D eigenvalue weighted by atomic mass is 35.5. The Morgan fingerprint density at radius 3 is 2.06 bits per heavy atom. The van der Waals surface area contributed by atoms with Gasteiger partial charge in [0.15, 0.2) is 0 Å². The van der Waals surface area contributed by atoms with Gasteiger partial charge in [-0.25, -0.2) is 4.79 Å². The maximum atomic E-state index is 11.5. The van der Waals surface area contributed by atoms with Gasteiger partial charge in [0.1, 0.15) is 10.1 Å². The fourth-order valence-corrected chi connectivity index (χ4v) is 1.25. The highest BCUT2D eigenvalue weighted by Gasteiger charge is 2.17. The Kier molecular flexibility index (Phi) is 4.81. The molecule has 0 spiro atoms. The molecule has 90 valence electrons. The van der Waals surface area contributed by atoms with E-state index in [1.54, 1.807) is 24.3 Å². The molecule has 0 aliphatic heterocycles. The molecule has 0 fully saturated rings. The van der Waals surface area contributed by atoms with Gasteiger partial charge in [0.2, 0.25) is 0 Å². The fraction of sp³-hybridized carbons (Fsp3) is 0.